The lowest BCUT2D eigenvalue weighted by Crippen LogP contribution is -2.50. The smallest absolute Gasteiger partial charge is 0.333 e. The Balaban J connectivity index is 1.80. The first-order valence-electron chi connectivity index (χ1n) is 8.18. The molecule has 0 radical (unpaired) electrons. The molecule has 0 aromatic heterocycles. The van der Waals surface area contributed by atoms with E-state index in [9.17, 15) is 19.1 Å². The molecule has 0 bridgehead atoms. The zero-order valence-corrected chi connectivity index (χ0v) is 15.2. The summed E-state index contributed by atoms with van der Waals surface area (Å²) in [5.74, 6) is -1.42. The van der Waals surface area contributed by atoms with Gasteiger partial charge in [-0.25, -0.2) is 9.18 Å². The summed E-state index contributed by atoms with van der Waals surface area (Å²) < 4.78 is 24.0. The number of hydrogen-bond acceptors (Lipinski definition) is 4. The average molecular weight is 394 g/mol. The molecule has 1 aliphatic heterocycles. The van der Waals surface area contributed by atoms with Crippen LogP contribution in [0.4, 0.5) is 4.39 Å². The minimum absolute atomic E-state index is 0.111. The molecule has 3 rings (SSSR count). The maximum absolute atomic E-state index is 13.1. The van der Waals surface area contributed by atoms with E-state index in [0.717, 1.165) is 12.1 Å². The van der Waals surface area contributed by atoms with Gasteiger partial charge in [-0.15, -0.1) is 0 Å². The fourth-order valence-corrected chi connectivity index (χ4v) is 3.09. The minimum atomic E-state index is -1.71. The van der Waals surface area contributed by atoms with E-state index in [1.54, 1.807) is 12.1 Å². The van der Waals surface area contributed by atoms with Crippen LogP contribution in [0.1, 0.15) is 18.1 Å². The summed E-state index contributed by atoms with van der Waals surface area (Å²) >= 11 is 6.16. The van der Waals surface area contributed by atoms with E-state index in [1.165, 1.54) is 19.1 Å². The predicted molar refractivity (Wildman–Crippen MR) is 95.7 cm³/mol. The highest BCUT2D eigenvalue weighted by atomic mass is 35.5. The van der Waals surface area contributed by atoms with Gasteiger partial charge in [0.2, 0.25) is 5.91 Å². The summed E-state index contributed by atoms with van der Waals surface area (Å²) in [6, 6.07) is 8.14. The summed E-state index contributed by atoms with van der Waals surface area (Å²) in [7, 11) is 0. The van der Waals surface area contributed by atoms with Gasteiger partial charge in [0, 0.05) is 0 Å². The Morgan fingerprint density at radius 1 is 1.22 bits per heavy atom. The van der Waals surface area contributed by atoms with E-state index >= 15 is 0 Å². The molecule has 0 fully saturated rings. The summed E-state index contributed by atoms with van der Waals surface area (Å²) in [4.78, 5) is 24.3. The molecule has 1 atom stereocenters. The normalized spacial score (nSPS) is 14.9. The van der Waals surface area contributed by atoms with Gasteiger partial charge in [-0.1, -0.05) is 23.7 Å². The number of rotatable bonds is 5. The number of carbonyl (C=O) groups is 2. The van der Waals surface area contributed by atoms with Gasteiger partial charge >= 0.3 is 5.97 Å². The average Bonchev–Trinajstić information content (AvgIpc) is 2.62. The van der Waals surface area contributed by atoms with Crippen molar-refractivity contribution in [1.29, 1.82) is 0 Å². The van der Waals surface area contributed by atoms with Gasteiger partial charge in [0.05, 0.1) is 11.4 Å². The molecular formula is C19H17ClFNO5. The van der Waals surface area contributed by atoms with Gasteiger partial charge in [0.15, 0.2) is 17.0 Å². The summed E-state index contributed by atoms with van der Waals surface area (Å²) in [5.41, 5.74) is -0.902. The van der Waals surface area contributed by atoms with E-state index in [2.05, 4.69) is 5.32 Å². The highest BCUT2D eigenvalue weighted by Gasteiger charge is 2.37. The Hall–Kier alpha value is -2.80. The van der Waals surface area contributed by atoms with Gasteiger partial charge in [0.1, 0.15) is 19.0 Å². The van der Waals surface area contributed by atoms with Crippen molar-refractivity contribution in [3.05, 3.63) is 58.4 Å². The fraction of sp³-hybridized carbons (Fsp3) is 0.263. The molecule has 1 unspecified atom stereocenters. The van der Waals surface area contributed by atoms with E-state index < -0.39 is 23.2 Å². The zero-order chi connectivity index (χ0) is 19.6. The van der Waals surface area contributed by atoms with Gasteiger partial charge in [-0.3, -0.25) is 4.79 Å². The number of ether oxygens (including phenoxy) is 2. The number of aliphatic carboxylic acids is 1. The molecule has 142 valence electrons. The number of halogens is 2. The number of carboxylic acids is 1. The van der Waals surface area contributed by atoms with Crippen LogP contribution in [0.2, 0.25) is 5.02 Å². The number of carboxylic acid groups (broad SMARTS) is 1. The zero-order valence-electron chi connectivity index (χ0n) is 14.4. The van der Waals surface area contributed by atoms with Crippen LogP contribution in [0.15, 0.2) is 36.4 Å². The molecule has 0 saturated heterocycles. The van der Waals surface area contributed by atoms with Crippen LogP contribution >= 0.6 is 11.6 Å². The highest BCUT2D eigenvalue weighted by Crippen LogP contribution is 2.38. The van der Waals surface area contributed by atoms with Gasteiger partial charge in [0.25, 0.3) is 0 Å². The summed E-state index contributed by atoms with van der Waals surface area (Å²) in [6.45, 7) is 2.11. The third-order valence-electron chi connectivity index (χ3n) is 4.26. The van der Waals surface area contributed by atoms with Crippen molar-refractivity contribution in [2.75, 3.05) is 13.2 Å². The third kappa shape index (κ3) is 3.98. The Labute approximate surface area is 159 Å². The fourth-order valence-electron chi connectivity index (χ4n) is 2.81. The van der Waals surface area contributed by atoms with Crippen LogP contribution in [0.5, 0.6) is 11.5 Å². The van der Waals surface area contributed by atoms with Crippen molar-refractivity contribution >= 4 is 23.5 Å². The molecule has 2 aromatic rings. The number of hydrogen-bond donors (Lipinski definition) is 2. The maximum atomic E-state index is 13.1. The number of nitrogens with one attached hydrogen (secondary N) is 1. The second-order valence-corrected chi connectivity index (χ2v) is 6.67. The van der Waals surface area contributed by atoms with E-state index in [4.69, 9.17) is 21.1 Å². The quantitative estimate of drug-likeness (QED) is 0.816. The monoisotopic (exact) mass is 393 g/mol. The largest absolute Gasteiger partial charge is 0.486 e. The van der Waals surface area contributed by atoms with Crippen molar-refractivity contribution in [2.45, 2.75) is 18.9 Å². The van der Waals surface area contributed by atoms with Crippen LogP contribution < -0.4 is 14.8 Å². The molecule has 0 spiro atoms. The van der Waals surface area contributed by atoms with Gasteiger partial charge in [-0.05, 0) is 42.3 Å². The molecule has 1 amide bonds. The number of amides is 1. The molecule has 27 heavy (non-hydrogen) atoms. The molecule has 2 N–H and O–H groups in total. The van der Waals surface area contributed by atoms with Crippen molar-refractivity contribution in [2.24, 2.45) is 0 Å². The van der Waals surface area contributed by atoms with E-state index in [0.29, 0.717) is 35.3 Å². The lowest BCUT2D eigenvalue weighted by Gasteiger charge is -2.27. The molecule has 1 aliphatic rings. The van der Waals surface area contributed by atoms with Gasteiger partial charge in [-0.2, -0.15) is 0 Å². The molecule has 6 nitrogen and oxygen atoms in total. The molecule has 0 saturated carbocycles. The molecular weight excluding hydrogens is 377 g/mol. The SMILES string of the molecule is CC(NC(=O)Cc1cc(Cl)c2c(c1)OCCO2)(C(=O)O)c1ccc(F)cc1. The molecule has 0 aliphatic carbocycles. The Kier molecular flexibility index (Phi) is 5.23. The van der Waals surface area contributed by atoms with Crippen LogP contribution in [-0.4, -0.2) is 30.2 Å². The standard InChI is InChI=1S/C19H17ClFNO5/c1-19(18(24)25,12-2-4-13(21)5-3-12)22-16(23)10-11-8-14(20)17-15(9-11)26-6-7-27-17/h2-5,8-9H,6-7,10H2,1H3,(H,22,23)(H,24,25). The van der Waals surface area contributed by atoms with E-state index in [1.807, 2.05) is 0 Å². The number of benzene rings is 2. The minimum Gasteiger partial charge on any atom is -0.486 e. The maximum Gasteiger partial charge on any atom is 0.333 e. The summed E-state index contributed by atoms with van der Waals surface area (Å²) in [5, 5.41) is 12.4. The van der Waals surface area contributed by atoms with Gasteiger partial charge < -0.3 is 19.9 Å². The topological polar surface area (TPSA) is 84.9 Å². The lowest BCUT2D eigenvalue weighted by molar-refractivity contribution is -0.147. The van der Waals surface area contributed by atoms with Crippen LogP contribution in [0.25, 0.3) is 0 Å². The number of carbonyl (C=O) groups excluding carboxylic acids is 1. The van der Waals surface area contributed by atoms with E-state index in [-0.39, 0.29) is 12.0 Å². The first-order valence-corrected chi connectivity index (χ1v) is 8.56. The van der Waals surface area contributed by atoms with Crippen LogP contribution in [0.3, 0.4) is 0 Å². The molecule has 1 heterocycles. The molecule has 8 heteroatoms. The first kappa shape index (κ1) is 19.0. The van der Waals surface area contributed by atoms with Crippen molar-refractivity contribution in [3.63, 3.8) is 0 Å². The highest BCUT2D eigenvalue weighted by molar-refractivity contribution is 6.32. The van der Waals surface area contributed by atoms with Crippen LogP contribution in [0, 0.1) is 5.82 Å². The Morgan fingerprint density at radius 2 is 1.89 bits per heavy atom. The Bertz CT molecular complexity index is 886. The lowest BCUT2D eigenvalue weighted by atomic mass is 9.91. The third-order valence-corrected chi connectivity index (χ3v) is 4.54. The van der Waals surface area contributed by atoms with Crippen molar-refractivity contribution in [3.8, 4) is 11.5 Å². The predicted octanol–water partition coefficient (Wildman–Crippen LogP) is 2.91. The second kappa shape index (κ2) is 7.44. The van der Waals surface area contributed by atoms with Crippen molar-refractivity contribution < 1.29 is 28.6 Å². The molecule has 2 aromatic carbocycles. The Morgan fingerprint density at radius 3 is 2.56 bits per heavy atom. The second-order valence-electron chi connectivity index (χ2n) is 6.26. The number of fused-ring (bicyclic) bond motifs is 1. The van der Waals surface area contributed by atoms with Crippen LogP contribution in [-0.2, 0) is 21.5 Å². The van der Waals surface area contributed by atoms with Crippen molar-refractivity contribution in [1.82, 2.24) is 5.32 Å². The first-order chi connectivity index (χ1) is 12.8. The summed E-state index contributed by atoms with van der Waals surface area (Å²) in [6.07, 6.45) is -0.111.